The van der Waals surface area contributed by atoms with Gasteiger partial charge in [-0.05, 0) is 89.9 Å². The molecule has 0 saturated heterocycles. The molecule has 5 nitrogen and oxygen atoms in total. The lowest BCUT2D eigenvalue weighted by Gasteiger charge is -2.18. The van der Waals surface area contributed by atoms with Crippen LogP contribution in [0.5, 0.6) is 0 Å². The fraction of sp³-hybridized carbons (Fsp3) is 0.698. The maximum absolute atomic E-state index is 12.6. The highest BCUT2D eigenvalue weighted by atomic mass is 16.6. The van der Waals surface area contributed by atoms with Crippen LogP contribution in [0.25, 0.3) is 0 Å². The number of rotatable bonds is 43. The molecule has 0 saturated carbocycles. The van der Waals surface area contributed by atoms with Gasteiger partial charge in [-0.2, -0.15) is 0 Å². The standard InChI is InChI=1S/C53H90O5/c1-4-7-10-13-16-18-20-22-24-26-28-30-32-34-36-39-42-45-48-56-49-51(58-53(55)47-44-41-37-15-12-9-6-3)50-57-52(54)46-43-40-38-35-33-31-29-27-25-23-21-19-17-14-11-8-5-2/h8,11,16-19,22-25,29,31,35,38,51H,4-7,9-10,12-15,20-21,26-28,30,32-34,36-37,39-50H2,1-3H3/b11-8-,18-16-,19-17-,24-22-,25-23-,31-29-,38-35-. The molecule has 0 aromatic rings. The van der Waals surface area contributed by atoms with Crippen LogP contribution in [0.4, 0.5) is 0 Å². The highest BCUT2D eigenvalue weighted by molar-refractivity contribution is 5.70. The quantitative estimate of drug-likeness (QED) is 0.0349. The number of allylic oxidation sites excluding steroid dienone is 14. The molecule has 0 aliphatic rings. The maximum Gasteiger partial charge on any atom is 0.306 e. The van der Waals surface area contributed by atoms with Gasteiger partial charge in [0.1, 0.15) is 6.61 Å². The third kappa shape index (κ3) is 45.8. The molecular formula is C53H90O5. The average molecular weight is 807 g/mol. The van der Waals surface area contributed by atoms with E-state index in [0.717, 1.165) is 83.5 Å². The van der Waals surface area contributed by atoms with Crippen molar-refractivity contribution < 1.29 is 23.8 Å². The molecule has 332 valence electrons. The van der Waals surface area contributed by atoms with Gasteiger partial charge in [-0.25, -0.2) is 0 Å². The largest absolute Gasteiger partial charge is 0.462 e. The van der Waals surface area contributed by atoms with Gasteiger partial charge in [0.15, 0.2) is 6.10 Å². The van der Waals surface area contributed by atoms with Crippen LogP contribution in [0.3, 0.4) is 0 Å². The lowest BCUT2D eigenvalue weighted by molar-refractivity contribution is -0.163. The molecule has 1 atom stereocenters. The van der Waals surface area contributed by atoms with E-state index in [1.165, 1.54) is 96.3 Å². The Labute approximate surface area is 359 Å². The normalized spacial score (nSPS) is 12.9. The Hall–Kier alpha value is -2.92. The van der Waals surface area contributed by atoms with Crippen LogP contribution in [-0.4, -0.2) is 37.9 Å². The molecule has 0 N–H and O–H groups in total. The van der Waals surface area contributed by atoms with E-state index >= 15 is 0 Å². The number of ether oxygens (including phenoxy) is 3. The summed E-state index contributed by atoms with van der Waals surface area (Å²) in [4.78, 5) is 25.2. The molecule has 0 aliphatic carbocycles. The van der Waals surface area contributed by atoms with Gasteiger partial charge in [0.05, 0.1) is 6.61 Å². The molecule has 58 heavy (non-hydrogen) atoms. The van der Waals surface area contributed by atoms with Crippen molar-refractivity contribution in [2.75, 3.05) is 19.8 Å². The number of hydrogen-bond acceptors (Lipinski definition) is 5. The van der Waals surface area contributed by atoms with E-state index in [1.54, 1.807) is 0 Å². The van der Waals surface area contributed by atoms with Crippen molar-refractivity contribution in [2.24, 2.45) is 0 Å². The van der Waals surface area contributed by atoms with Gasteiger partial charge in [0.25, 0.3) is 0 Å². The zero-order chi connectivity index (χ0) is 42.1. The summed E-state index contributed by atoms with van der Waals surface area (Å²) in [5.41, 5.74) is 0. The second-order valence-electron chi connectivity index (χ2n) is 15.6. The second kappa shape index (κ2) is 48.4. The van der Waals surface area contributed by atoms with E-state index in [1.807, 2.05) is 0 Å². The monoisotopic (exact) mass is 807 g/mol. The van der Waals surface area contributed by atoms with Gasteiger partial charge < -0.3 is 14.2 Å². The minimum absolute atomic E-state index is 0.0508. The van der Waals surface area contributed by atoms with E-state index in [2.05, 4.69) is 106 Å². The number of carbonyl (C=O) groups excluding carboxylic acids is 2. The van der Waals surface area contributed by atoms with E-state index < -0.39 is 6.10 Å². The summed E-state index contributed by atoms with van der Waals surface area (Å²) >= 11 is 0. The van der Waals surface area contributed by atoms with Crippen LogP contribution >= 0.6 is 0 Å². The van der Waals surface area contributed by atoms with E-state index in [9.17, 15) is 9.59 Å². The first-order chi connectivity index (χ1) is 28.6. The van der Waals surface area contributed by atoms with Crippen molar-refractivity contribution >= 4 is 11.9 Å². The summed E-state index contributed by atoms with van der Waals surface area (Å²) in [6.45, 7) is 7.58. The van der Waals surface area contributed by atoms with Gasteiger partial charge in [0, 0.05) is 19.4 Å². The fourth-order valence-corrected chi connectivity index (χ4v) is 6.34. The predicted octanol–water partition coefficient (Wildman–Crippen LogP) is 16.1. The summed E-state index contributed by atoms with van der Waals surface area (Å²) in [7, 11) is 0. The van der Waals surface area contributed by atoms with Crippen molar-refractivity contribution in [1.82, 2.24) is 0 Å². The molecule has 0 bridgehead atoms. The molecule has 0 aromatic heterocycles. The third-order valence-corrected chi connectivity index (χ3v) is 9.92. The Morgan fingerprint density at radius 1 is 0.397 bits per heavy atom. The van der Waals surface area contributed by atoms with Crippen molar-refractivity contribution in [3.63, 3.8) is 0 Å². The summed E-state index contributed by atoms with van der Waals surface area (Å²) in [5, 5.41) is 0. The molecule has 0 aliphatic heterocycles. The first-order valence-corrected chi connectivity index (χ1v) is 24.1. The Balaban J connectivity index is 4.24. The average Bonchev–Trinajstić information content (AvgIpc) is 3.22. The van der Waals surface area contributed by atoms with Crippen molar-refractivity contribution in [1.29, 1.82) is 0 Å². The number of esters is 2. The van der Waals surface area contributed by atoms with Gasteiger partial charge in [-0.3, -0.25) is 9.59 Å². The molecule has 0 aromatic carbocycles. The van der Waals surface area contributed by atoms with Gasteiger partial charge >= 0.3 is 11.9 Å². The summed E-state index contributed by atoms with van der Waals surface area (Å²) in [6, 6.07) is 0. The lowest BCUT2D eigenvalue weighted by atomic mass is 10.1. The summed E-state index contributed by atoms with van der Waals surface area (Å²) in [6.07, 6.45) is 63.2. The fourth-order valence-electron chi connectivity index (χ4n) is 6.34. The van der Waals surface area contributed by atoms with E-state index in [0.29, 0.717) is 19.4 Å². The maximum atomic E-state index is 12.6. The van der Waals surface area contributed by atoms with Gasteiger partial charge in [-0.1, -0.05) is 196 Å². The molecule has 0 radical (unpaired) electrons. The Bertz CT molecular complexity index is 1090. The second-order valence-corrected chi connectivity index (χ2v) is 15.6. The van der Waals surface area contributed by atoms with Crippen LogP contribution < -0.4 is 0 Å². The summed E-state index contributed by atoms with van der Waals surface area (Å²) < 4.78 is 17.2. The Morgan fingerprint density at radius 3 is 1.33 bits per heavy atom. The minimum Gasteiger partial charge on any atom is -0.462 e. The number of carbonyl (C=O) groups is 2. The molecule has 0 heterocycles. The summed E-state index contributed by atoms with van der Waals surface area (Å²) in [5.74, 6) is -0.476. The van der Waals surface area contributed by atoms with Crippen molar-refractivity contribution in [3.8, 4) is 0 Å². The highest BCUT2D eigenvalue weighted by Gasteiger charge is 2.17. The molecule has 0 spiro atoms. The molecule has 5 heteroatoms. The first kappa shape index (κ1) is 55.1. The predicted molar refractivity (Wildman–Crippen MR) is 251 cm³/mol. The Kier molecular flexibility index (Phi) is 46.0. The number of hydrogen-bond donors (Lipinski definition) is 0. The number of unbranched alkanes of at least 4 members (excludes halogenated alkanes) is 18. The van der Waals surface area contributed by atoms with Crippen LogP contribution in [0, 0.1) is 0 Å². The molecule has 0 fully saturated rings. The minimum atomic E-state index is -0.561. The van der Waals surface area contributed by atoms with E-state index in [-0.39, 0.29) is 25.2 Å². The van der Waals surface area contributed by atoms with Gasteiger partial charge in [-0.15, -0.1) is 0 Å². The van der Waals surface area contributed by atoms with Crippen LogP contribution in [0.15, 0.2) is 85.1 Å². The van der Waals surface area contributed by atoms with Crippen molar-refractivity contribution in [3.05, 3.63) is 85.1 Å². The molecular weight excluding hydrogens is 717 g/mol. The van der Waals surface area contributed by atoms with Crippen molar-refractivity contribution in [2.45, 2.75) is 219 Å². The zero-order valence-corrected chi connectivity index (χ0v) is 38.0. The molecule has 1 unspecified atom stereocenters. The topological polar surface area (TPSA) is 61.8 Å². The van der Waals surface area contributed by atoms with Crippen LogP contribution in [-0.2, 0) is 23.8 Å². The molecule has 0 amide bonds. The zero-order valence-electron chi connectivity index (χ0n) is 38.0. The molecule has 0 rings (SSSR count). The first-order valence-electron chi connectivity index (χ1n) is 24.1. The highest BCUT2D eigenvalue weighted by Crippen LogP contribution is 2.12. The van der Waals surface area contributed by atoms with Gasteiger partial charge in [0.2, 0.25) is 0 Å². The third-order valence-electron chi connectivity index (χ3n) is 9.92. The SMILES string of the molecule is CC/C=C\C/C=C\C/C=C\C/C=C\C/C=C\CCCC(=O)OCC(COCCCCCCCCCC/C=C\C/C=C\CCCCC)OC(=O)CCCCCCCCC. The Morgan fingerprint density at radius 2 is 0.793 bits per heavy atom. The smallest absolute Gasteiger partial charge is 0.306 e. The van der Waals surface area contributed by atoms with Crippen LogP contribution in [0.1, 0.15) is 213 Å². The lowest BCUT2D eigenvalue weighted by Crippen LogP contribution is -2.30. The van der Waals surface area contributed by atoms with E-state index in [4.69, 9.17) is 14.2 Å². The van der Waals surface area contributed by atoms with Crippen LogP contribution in [0.2, 0.25) is 0 Å².